The monoisotopic (exact) mass is 302 g/mol. The van der Waals surface area contributed by atoms with Crippen LogP contribution in [0.3, 0.4) is 0 Å². The average Bonchev–Trinajstić information content (AvgIpc) is 2.42. The van der Waals surface area contributed by atoms with Crippen molar-refractivity contribution in [2.75, 3.05) is 13.2 Å². The Balaban J connectivity index is 2.61. The Hall–Kier alpha value is -2.09. The zero-order valence-electron chi connectivity index (χ0n) is 11.3. The smallest absolute Gasteiger partial charge is 0.305 e. The first-order valence-corrected chi connectivity index (χ1v) is 6.50. The lowest BCUT2D eigenvalue weighted by Crippen LogP contribution is -2.25. The highest BCUT2D eigenvalue weighted by Gasteiger charge is 2.21. The summed E-state index contributed by atoms with van der Waals surface area (Å²) in [6.45, 7) is 0.381. The molecule has 0 saturated carbocycles. The molecule has 6 nitrogen and oxygen atoms in total. The number of aliphatic hydroxyl groups excluding tert-OH is 1. The maximum absolute atomic E-state index is 13.5. The van der Waals surface area contributed by atoms with Crippen molar-refractivity contribution in [3.8, 4) is 0 Å². The van der Waals surface area contributed by atoms with Gasteiger partial charge in [-0.2, -0.15) is 4.39 Å². The second-order valence-corrected chi connectivity index (χ2v) is 4.43. The number of unbranched alkanes of at least 4 members (excludes halogenated alkanes) is 3. The summed E-state index contributed by atoms with van der Waals surface area (Å²) in [5, 5.41) is 21.6. The summed E-state index contributed by atoms with van der Waals surface area (Å²) in [5.41, 5.74) is -1.50. The van der Waals surface area contributed by atoms with Gasteiger partial charge in [0, 0.05) is 25.3 Å². The number of aliphatic hydroxyl groups is 1. The van der Waals surface area contributed by atoms with E-state index in [1.165, 1.54) is 0 Å². The molecule has 21 heavy (non-hydrogen) atoms. The fourth-order valence-corrected chi connectivity index (χ4v) is 1.74. The van der Waals surface area contributed by atoms with E-state index < -0.39 is 33.7 Å². The molecule has 0 unspecified atom stereocenters. The molecule has 0 fully saturated rings. The summed E-state index contributed by atoms with van der Waals surface area (Å²) in [6.07, 6.45) is 2.90. The van der Waals surface area contributed by atoms with E-state index in [1.54, 1.807) is 0 Å². The minimum absolute atomic E-state index is 0.108. The maximum Gasteiger partial charge on any atom is 0.305 e. The van der Waals surface area contributed by atoms with E-state index in [-0.39, 0.29) is 13.2 Å². The molecule has 0 aliphatic carbocycles. The second-order valence-electron chi connectivity index (χ2n) is 4.43. The number of benzene rings is 1. The number of nitrogens with one attached hydrogen (secondary N) is 1. The van der Waals surface area contributed by atoms with Crippen LogP contribution in [0.15, 0.2) is 12.1 Å². The lowest BCUT2D eigenvalue weighted by Gasteiger charge is -2.06. The molecule has 0 radical (unpaired) electrons. The lowest BCUT2D eigenvalue weighted by molar-refractivity contribution is -0.387. The number of halogens is 2. The third-order valence-electron chi connectivity index (χ3n) is 2.85. The van der Waals surface area contributed by atoms with E-state index in [0.717, 1.165) is 12.8 Å². The molecule has 0 aliphatic heterocycles. The van der Waals surface area contributed by atoms with Crippen LogP contribution < -0.4 is 5.32 Å². The van der Waals surface area contributed by atoms with Gasteiger partial charge in [0.15, 0.2) is 0 Å². The van der Waals surface area contributed by atoms with E-state index >= 15 is 0 Å². The first-order valence-electron chi connectivity index (χ1n) is 6.50. The van der Waals surface area contributed by atoms with Gasteiger partial charge in [0.2, 0.25) is 5.82 Å². The number of hydrogen-bond acceptors (Lipinski definition) is 4. The third kappa shape index (κ3) is 5.07. The third-order valence-corrected chi connectivity index (χ3v) is 2.85. The van der Waals surface area contributed by atoms with Crippen LogP contribution in [-0.2, 0) is 0 Å². The van der Waals surface area contributed by atoms with Crippen molar-refractivity contribution in [1.29, 1.82) is 0 Å². The van der Waals surface area contributed by atoms with Gasteiger partial charge in [-0.3, -0.25) is 14.9 Å². The largest absolute Gasteiger partial charge is 0.396 e. The van der Waals surface area contributed by atoms with Crippen molar-refractivity contribution in [1.82, 2.24) is 5.32 Å². The van der Waals surface area contributed by atoms with Crippen LogP contribution in [0.1, 0.15) is 36.0 Å². The summed E-state index contributed by atoms with van der Waals surface area (Å²) in [7, 11) is 0. The predicted octanol–water partition coefficient (Wildman–Crippen LogP) is 2.16. The van der Waals surface area contributed by atoms with Crippen LogP contribution in [0, 0.1) is 21.7 Å². The van der Waals surface area contributed by atoms with Gasteiger partial charge < -0.3 is 10.4 Å². The summed E-state index contributed by atoms with van der Waals surface area (Å²) in [5.74, 6) is -3.29. The van der Waals surface area contributed by atoms with Crippen molar-refractivity contribution in [2.24, 2.45) is 0 Å². The van der Waals surface area contributed by atoms with E-state index in [1.807, 2.05) is 0 Å². The molecule has 0 saturated heterocycles. The summed E-state index contributed by atoms with van der Waals surface area (Å²) >= 11 is 0. The zero-order chi connectivity index (χ0) is 15.8. The summed E-state index contributed by atoms with van der Waals surface area (Å²) in [6, 6.07) is 0.917. The van der Waals surface area contributed by atoms with Crippen LogP contribution in [0.25, 0.3) is 0 Å². The van der Waals surface area contributed by atoms with E-state index in [2.05, 4.69) is 5.32 Å². The minimum atomic E-state index is -1.32. The van der Waals surface area contributed by atoms with Gasteiger partial charge in [-0.15, -0.1) is 0 Å². The zero-order valence-corrected chi connectivity index (χ0v) is 11.3. The summed E-state index contributed by atoms with van der Waals surface area (Å²) in [4.78, 5) is 21.3. The minimum Gasteiger partial charge on any atom is -0.396 e. The fraction of sp³-hybridized carbons (Fsp3) is 0.462. The van der Waals surface area contributed by atoms with Gasteiger partial charge in [0.05, 0.1) is 10.5 Å². The molecule has 1 rings (SSSR count). The number of amides is 1. The lowest BCUT2D eigenvalue weighted by atomic mass is 10.1. The van der Waals surface area contributed by atoms with Crippen LogP contribution in [-0.4, -0.2) is 29.1 Å². The number of hydrogen-bond donors (Lipinski definition) is 2. The highest BCUT2D eigenvalue weighted by atomic mass is 19.1. The quantitative estimate of drug-likeness (QED) is 0.437. The fourth-order valence-electron chi connectivity index (χ4n) is 1.74. The summed E-state index contributed by atoms with van der Waals surface area (Å²) < 4.78 is 26.6. The Morgan fingerprint density at radius 1 is 1.19 bits per heavy atom. The number of nitro groups is 1. The van der Waals surface area contributed by atoms with Gasteiger partial charge in [-0.1, -0.05) is 12.8 Å². The van der Waals surface area contributed by atoms with Crippen molar-refractivity contribution in [3.63, 3.8) is 0 Å². The van der Waals surface area contributed by atoms with E-state index in [9.17, 15) is 23.7 Å². The second kappa shape index (κ2) is 8.25. The molecule has 8 heteroatoms. The molecule has 2 N–H and O–H groups in total. The molecule has 1 amide bonds. The van der Waals surface area contributed by atoms with Gasteiger partial charge in [-0.05, 0) is 12.8 Å². The Morgan fingerprint density at radius 3 is 2.48 bits per heavy atom. The number of nitrogens with zero attached hydrogens (tertiary/aromatic N) is 1. The molecule has 0 aliphatic rings. The first-order chi connectivity index (χ1) is 9.97. The molecular formula is C13H16F2N2O4. The van der Waals surface area contributed by atoms with Crippen LogP contribution in [0.2, 0.25) is 0 Å². The molecule has 1 aromatic carbocycles. The highest BCUT2D eigenvalue weighted by molar-refractivity contribution is 5.95. The molecule has 0 aromatic heterocycles. The standard InChI is InChI=1S/C13H16F2N2O4/c14-10-8-11(15)12(17(20)21)7-9(10)13(19)16-5-3-1-2-4-6-18/h7-8,18H,1-6H2,(H,16,19). The van der Waals surface area contributed by atoms with Crippen molar-refractivity contribution < 1.29 is 23.6 Å². The predicted molar refractivity (Wildman–Crippen MR) is 70.9 cm³/mol. The first kappa shape index (κ1) is 17.0. The van der Waals surface area contributed by atoms with Crippen molar-refractivity contribution in [3.05, 3.63) is 39.4 Å². The van der Waals surface area contributed by atoms with Crippen LogP contribution in [0.4, 0.5) is 14.5 Å². The Labute approximate surface area is 119 Å². The number of rotatable bonds is 8. The van der Waals surface area contributed by atoms with Crippen LogP contribution in [0.5, 0.6) is 0 Å². The average molecular weight is 302 g/mol. The topological polar surface area (TPSA) is 92.5 Å². The van der Waals surface area contributed by atoms with E-state index in [4.69, 9.17) is 5.11 Å². The van der Waals surface area contributed by atoms with Crippen LogP contribution >= 0.6 is 0 Å². The molecule has 0 atom stereocenters. The Morgan fingerprint density at radius 2 is 1.86 bits per heavy atom. The van der Waals surface area contributed by atoms with E-state index in [0.29, 0.717) is 25.0 Å². The Kier molecular flexibility index (Phi) is 6.67. The van der Waals surface area contributed by atoms with Gasteiger partial charge in [0.25, 0.3) is 5.91 Å². The molecule has 1 aromatic rings. The number of nitro benzene ring substituents is 1. The van der Waals surface area contributed by atoms with Gasteiger partial charge in [0.1, 0.15) is 5.82 Å². The van der Waals surface area contributed by atoms with Gasteiger partial charge >= 0.3 is 5.69 Å². The normalized spacial score (nSPS) is 10.4. The number of carbonyl (C=O) groups is 1. The number of carbonyl (C=O) groups excluding carboxylic acids is 1. The highest BCUT2D eigenvalue weighted by Crippen LogP contribution is 2.21. The van der Waals surface area contributed by atoms with Crippen molar-refractivity contribution >= 4 is 11.6 Å². The van der Waals surface area contributed by atoms with Crippen molar-refractivity contribution in [2.45, 2.75) is 25.7 Å². The molecule has 0 bridgehead atoms. The molecule has 0 heterocycles. The molecular weight excluding hydrogens is 286 g/mol. The maximum atomic E-state index is 13.5. The molecule has 116 valence electrons. The SMILES string of the molecule is O=C(NCCCCCCO)c1cc([N+](=O)[O-])c(F)cc1F. The Bertz CT molecular complexity index is 523. The molecule has 0 spiro atoms. The van der Waals surface area contributed by atoms with Gasteiger partial charge in [-0.25, -0.2) is 4.39 Å².